The SMILES string of the molecule is CN(Cc1cscn1)C(=O)CCCCCCN. The van der Waals surface area contributed by atoms with E-state index in [1.165, 1.54) is 0 Å². The third kappa shape index (κ3) is 5.79. The monoisotopic (exact) mass is 255 g/mol. The maximum Gasteiger partial charge on any atom is 0.222 e. The Labute approximate surface area is 107 Å². The number of hydrogen-bond acceptors (Lipinski definition) is 4. The van der Waals surface area contributed by atoms with Gasteiger partial charge >= 0.3 is 0 Å². The quantitative estimate of drug-likeness (QED) is 0.723. The number of rotatable bonds is 8. The van der Waals surface area contributed by atoms with Crippen molar-refractivity contribution in [1.29, 1.82) is 0 Å². The minimum atomic E-state index is 0.200. The van der Waals surface area contributed by atoms with Gasteiger partial charge in [-0.3, -0.25) is 4.79 Å². The summed E-state index contributed by atoms with van der Waals surface area (Å²) in [6.07, 6.45) is 4.86. The van der Waals surface area contributed by atoms with E-state index in [2.05, 4.69) is 4.98 Å². The summed E-state index contributed by atoms with van der Waals surface area (Å²) in [5, 5.41) is 1.98. The molecule has 17 heavy (non-hydrogen) atoms. The van der Waals surface area contributed by atoms with Gasteiger partial charge in [-0.15, -0.1) is 11.3 Å². The van der Waals surface area contributed by atoms with Gasteiger partial charge in [-0.1, -0.05) is 12.8 Å². The van der Waals surface area contributed by atoms with Gasteiger partial charge < -0.3 is 10.6 Å². The normalized spacial score (nSPS) is 10.5. The molecule has 96 valence electrons. The summed E-state index contributed by atoms with van der Waals surface area (Å²) in [6.45, 7) is 1.36. The van der Waals surface area contributed by atoms with Gasteiger partial charge in [0.15, 0.2) is 0 Å². The Bertz CT molecular complexity index is 314. The lowest BCUT2D eigenvalue weighted by Gasteiger charge is -2.15. The number of thiazole rings is 1. The predicted octanol–water partition coefficient (Wildman–Crippen LogP) is 2.01. The number of unbranched alkanes of at least 4 members (excludes halogenated alkanes) is 3. The fourth-order valence-corrected chi connectivity index (χ4v) is 2.16. The van der Waals surface area contributed by atoms with Gasteiger partial charge in [-0.25, -0.2) is 4.98 Å². The highest BCUT2D eigenvalue weighted by atomic mass is 32.1. The first-order chi connectivity index (χ1) is 8.24. The molecule has 1 aromatic heterocycles. The standard InChI is InChI=1S/C12H21N3OS/c1-15(8-11-9-17-10-14-11)12(16)6-4-2-3-5-7-13/h9-10H,2-8,13H2,1H3. The first-order valence-corrected chi connectivity index (χ1v) is 6.99. The Hall–Kier alpha value is -0.940. The van der Waals surface area contributed by atoms with Gasteiger partial charge in [-0.2, -0.15) is 0 Å². The number of nitrogens with zero attached hydrogens (tertiary/aromatic N) is 2. The zero-order valence-corrected chi connectivity index (χ0v) is 11.2. The van der Waals surface area contributed by atoms with Crippen LogP contribution in [0.3, 0.4) is 0 Å². The lowest BCUT2D eigenvalue weighted by molar-refractivity contribution is -0.130. The van der Waals surface area contributed by atoms with Crippen LogP contribution >= 0.6 is 11.3 Å². The number of hydrogen-bond donors (Lipinski definition) is 1. The van der Waals surface area contributed by atoms with Crippen LogP contribution < -0.4 is 5.73 Å². The summed E-state index contributed by atoms with van der Waals surface area (Å²) in [4.78, 5) is 17.7. The van der Waals surface area contributed by atoms with Crippen molar-refractivity contribution in [2.75, 3.05) is 13.6 Å². The Morgan fingerprint density at radius 3 is 2.82 bits per heavy atom. The summed E-state index contributed by atoms with van der Waals surface area (Å²) in [5.74, 6) is 0.200. The molecule has 0 unspecified atom stereocenters. The average molecular weight is 255 g/mol. The van der Waals surface area contributed by atoms with Crippen LogP contribution in [0.5, 0.6) is 0 Å². The van der Waals surface area contributed by atoms with Gasteiger partial charge in [-0.05, 0) is 19.4 Å². The summed E-state index contributed by atoms with van der Waals surface area (Å²) < 4.78 is 0. The van der Waals surface area contributed by atoms with Crippen LogP contribution in [0.25, 0.3) is 0 Å². The van der Waals surface area contributed by atoms with E-state index in [9.17, 15) is 4.79 Å². The van der Waals surface area contributed by atoms with Crippen molar-refractivity contribution in [3.63, 3.8) is 0 Å². The molecular formula is C12H21N3OS. The second-order valence-electron chi connectivity index (χ2n) is 4.18. The summed E-state index contributed by atoms with van der Waals surface area (Å²) in [7, 11) is 1.83. The van der Waals surface area contributed by atoms with Gasteiger partial charge in [0.1, 0.15) is 0 Å². The average Bonchev–Trinajstić information content (AvgIpc) is 2.81. The molecule has 4 nitrogen and oxygen atoms in total. The Balaban J connectivity index is 2.14. The molecule has 0 aromatic carbocycles. The van der Waals surface area contributed by atoms with Crippen molar-refractivity contribution in [3.05, 3.63) is 16.6 Å². The molecule has 5 heteroatoms. The maximum atomic E-state index is 11.8. The van der Waals surface area contributed by atoms with Crippen LogP contribution in [-0.4, -0.2) is 29.4 Å². The maximum absolute atomic E-state index is 11.8. The summed E-state index contributed by atoms with van der Waals surface area (Å²) in [6, 6.07) is 0. The lowest BCUT2D eigenvalue weighted by atomic mass is 10.1. The molecule has 0 spiro atoms. The van der Waals surface area contributed by atoms with Gasteiger partial charge in [0.25, 0.3) is 0 Å². The topological polar surface area (TPSA) is 59.2 Å². The third-order valence-electron chi connectivity index (χ3n) is 2.65. The van der Waals surface area contributed by atoms with Crippen molar-refractivity contribution in [3.8, 4) is 0 Å². The molecule has 2 N–H and O–H groups in total. The summed E-state index contributed by atoms with van der Waals surface area (Å²) in [5.41, 5.74) is 8.17. The van der Waals surface area contributed by atoms with Crippen molar-refractivity contribution in [2.45, 2.75) is 38.6 Å². The molecular weight excluding hydrogens is 234 g/mol. The van der Waals surface area contributed by atoms with Gasteiger partial charge in [0, 0.05) is 18.8 Å². The minimum absolute atomic E-state index is 0.200. The number of carbonyl (C=O) groups is 1. The molecule has 0 saturated heterocycles. The second-order valence-corrected chi connectivity index (χ2v) is 4.90. The Morgan fingerprint density at radius 1 is 1.41 bits per heavy atom. The predicted molar refractivity (Wildman–Crippen MR) is 70.7 cm³/mol. The van der Waals surface area contributed by atoms with Crippen LogP contribution in [0.4, 0.5) is 0 Å². The van der Waals surface area contributed by atoms with Crippen molar-refractivity contribution >= 4 is 17.2 Å². The molecule has 0 radical (unpaired) electrons. The smallest absolute Gasteiger partial charge is 0.222 e. The lowest BCUT2D eigenvalue weighted by Crippen LogP contribution is -2.25. The minimum Gasteiger partial charge on any atom is -0.340 e. The Morgan fingerprint density at radius 2 is 2.18 bits per heavy atom. The molecule has 0 fully saturated rings. The largest absolute Gasteiger partial charge is 0.340 e. The highest BCUT2D eigenvalue weighted by Crippen LogP contribution is 2.08. The second kappa shape index (κ2) is 8.20. The molecule has 0 bridgehead atoms. The molecule has 1 heterocycles. The van der Waals surface area contributed by atoms with Crippen molar-refractivity contribution < 1.29 is 4.79 Å². The number of nitrogens with two attached hydrogens (primary N) is 1. The molecule has 1 amide bonds. The molecule has 0 aliphatic heterocycles. The van der Waals surface area contributed by atoms with Crippen LogP contribution in [-0.2, 0) is 11.3 Å². The van der Waals surface area contributed by atoms with E-state index in [0.29, 0.717) is 13.0 Å². The molecule has 0 aliphatic rings. The number of carbonyl (C=O) groups excluding carboxylic acids is 1. The van der Waals surface area contributed by atoms with E-state index in [1.54, 1.807) is 21.7 Å². The van der Waals surface area contributed by atoms with E-state index < -0.39 is 0 Å². The van der Waals surface area contributed by atoms with Crippen molar-refractivity contribution in [1.82, 2.24) is 9.88 Å². The first kappa shape index (κ1) is 14.1. The van der Waals surface area contributed by atoms with E-state index in [0.717, 1.165) is 37.9 Å². The molecule has 0 saturated carbocycles. The van der Waals surface area contributed by atoms with E-state index >= 15 is 0 Å². The van der Waals surface area contributed by atoms with E-state index in [-0.39, 0.29) is 5.91 Å². The fourth-order valence-electron chi connectivity index (χ4n) is 1.61. The van der Waals surface area contributed by atoms with E-state index in [4.69, 9.17) is 5.73 Å². The van der Waals surface area contributed by atoms with E-state index in [1.807, 2.05) is 12.4 Å². The van der Waals surface area contributed by atoms with Crippen LogP contribution in [0.1, 0.15) is 37.8 Å². The number of aromatic nitrogens is 1. The molecule has 0 atom stereocenters. The highest BCUT2D eigenvalue weighted by molar-refractivity contribution is 7.07. The summed E-state index contributed by atoms with van der Waals surface area (Å²) >= 11 is 1.56. The molecule has 0 aliphatic carbocycles. The molecule has 1 aromatic rings. The number of amides is 1. The zero-order valence-electron chi connectivity index (χ0n) is 10.4. The van der Waals surface area contributed by atoms with Crippen LogP contribution in [0, 0.1) is 0 Å². The van der Waals surface area contributed by atoms with Crippen molar-refractivity contribution in [2.24, 2.45) is 5.73 Å². The Kier molecular flexibility index (Phi) is 6.81. The zero-order chi connectivity index (χ0) is 12.5. The van der Waals surface area contributed by atoms with Crippen LogP contribution in [0.2, 0.25) is 0 Å². The highest BCUT2D eigenvalue weighted by Gasteiger charge is 2.09. The first-order valence-electron chi connectivity index (χ1n) is 6.05. The fraction of sp³-hybridized carbons (Fsp3) is 0.667. The third-order valence-corrected chi connectivity index (χ3v) is 3.29. The van der Waals surface area contributed by atoms with Crippen LogP contribution in [0.15, 0.2) is 10.9 Å². The van der Waals surface area contributed by atoms with Gasteiger partial charge in [0.2, 0.25) is 5.91 Å². The molecule has 1 rings (SSSR count). The van der Waals surface area contributed by atoms with Gasteiger partial charge in [0.05, 0.1) is 17.7 Å².